The molecule has 3 unspecified atom stereocenters. The van der Waals surface area contributed by atoms with E-state index in [9.17, 15) is 0 Å². The molecule has 5 heteroatoms. The van der Waals surface area contributed by atoms with Crippen molar-refractivity contribution in [3.8, 4) is 11.5 Å². The van der Waals surface area contributed by atoms with Crippen molar-refractivity contribution in [1.82, 2.24) is 15.1 Å². The number of aromatic amines is 1. The van der Waals surface area contributed by atoms with Gasteiger partial charge >= 0.3 is 0 Å². The van der Waals surface area contributed by atoms with E-state index in [1.165, 1.54) is 0 Å². The van der Waals surface area contributed by atoms with Crippen molar-refractivity contribution in [2.45, 2.75) is 45.6 Å². The van der Waals surface area contributed by atoms with Gasteiger partial charge in [-0.2, -0.15) is 4.98 Å². The van der Waals surface area contributed by atoms with Gasteiger partial charge in [-0.25, -0.2) is 0 Å². The molecule has 3 atom stereocenters. The summed E-state index contributed by atoms with van der Waals surface area (Å²) >= 11 is 0. The lowest BCUT2D eigenvalue weighted by atomic mass is 9.61. The first kappa shape index (κ1) is 13.4. The van der Waals surface area contributed by atoms with Crippen LogP contribution in [0, 0.1) is 11.3 Å². The van der Waals surface area contributed by atoms with Gasteiger partial charge in [0.2, 0.25) is 11.7 Å². The number of aromatic nitrogens is 3. The van der Waals surface area contributed by atoms with E-state index in [2.05, 4.69) is 35.9 Å². The van der Waals surface area contributed by atoms with Gasteiger partial charge in [0.15, 0.2) is 0 Å². The summed E-state index contributed by atoms with van der Waals surface area (Å²) in [6, 6.07) is 4.13. The highest BCUT2D eigenvalue weighted by Gasteiger charge is 2.44. The van der Waals surface area contributed by atoms with Crippen molar-refractivity contribution >= 4 is 0 Å². The zero-order valence-electron chi connectivity index (χ0n) is 12.3. The molecule has 2 aromatic rings. The Morgan fingerprint density at radius 3 is 2.90 bits per heavy atom. The van der Waals surface area contributed by atoms with E-state index in [1.807, 2.05) is 18.3 Å². The number of hydrogen-bond donors (Lipinski definition) is 2. The van der Waals surface area contributed by atoms with Gasteiger partial charge < -0.3 is 15.2 Å². The topological polar surface area (TPSA) is 80.7 Å². The normalized spacial score (nSPS) is 29.5. The van der Waals surface area contributed by atoms with Crippen LogP contribution < -0.4 is 5.73 Å². The Kier molecular flexibility index (Phi) is 3.17. The van der Waals surface area contributed by atoms with Crippen LogP contribution >= 0.6 is 0 Å². The van der Waals surface area contributed by atoms with E-state index in [4.69, 9.17) is 10.3 Å². The zero-order chi connectivity index (χ0) is 14.3. The highest BCUT2D eigenvalue weighted by molar-refractivity contribution is 5.47. The van der Waals surface area contributed by atoms with Crippen molar-refractivity contribution in [1.29, 1.82) is 0 Å². The van der Waals surface area contributed by atoms with Crippen molar-refractivity contribution in [3.05, 3.63) is 24.2 Å². The summed E-state index contributed by atoms with van der Waals surface area (Å²) in [5.74, 6) is 2.07. The standard InChI is InChI=1S/C15H22N4O/c1-9-11(16)7-6-10(15(9,2)3)14-18-13(19-20-14)12-5-4-8-17-12/h4-5,8-11,17H,6-7,16H2,1-3H3. The largest absolute Gasteiger partial charge is 0.359 e. The molecule has 0 bridgehead atoms. The van der Waals surface area contributed by atoms with E-state index in [0.29, 0.717) is 11.7 Å². The number of nitrogens with one attached hydrogen (secondary N) is 1. The molecule has 0 aliphatic heterocycles. The fourth-order valence-corrected chi connectivity index (χ4v) is 3.25. The Bertz CT molecular complexity index is 572. The Morgan fingerprint density at radius 1 is 1.40 bits per heavy atom. The van der Waals surface area contributed by atoms with E-state index in [0.717, 1.165) is 24.4 Å². The Morgan fingerprint density at radius 2 is 2.20 bits per heavy atom. The molecule has 3 N–H and O–H groups in total. The lowest BCUT2D eigenvalue weighted by Gasteiger charge is -2.45. The molecule has 0 saturated heterocycles. The second kappa shape index (κ2) is 4.74. The third-order valence-corrected chi connectivity index (χ3v) is 5.08. The maximum Gasteiger partial charge on any atom is 0.230 e. The van der Waals surface area contributed by atoms with Crippen molar-refractivity contribution in [2.75, 3.05) is 0 Å². The van der Waals surface area contributed by atoms with Gasteiger partial charge in [-0.3, -0.25) is 0 Å². The summed E-state index contributed by atoms with van der Waals surface area (Å²) < 4.78 is 5.53. The number of hydrogen-bond acceptors (Lipinski definition) is 4. The maximum absolute atomic E-state index is 6.20. The minimum Gasteiger partial charge on any atom is -0.359 e. The van der Waals surface area contributed by atoms with Crippen LogP contribution in [-0.2, 0) is 0 Å². The molecule has 20 heavy (non-hydrogen) atoms. The van der Waals surface area contributed by atoms with Gasteiger partial charge in [-0.15, -0.1) is 0 Å². The van der Waals surface area contributed by atoms with Crippen LogP contribution in [0.25, 0.3) is 11.5 Å². The van der Waals surface area contributed by atoms with Crippen LogP contribution in [0.5, 0.6) is 0 Å². The molecule has 1 saturated carbocycles. The molecular formula is C15H22N4O. The fourth-order valence-electron chi connectivity index (χ4n) is 3.25. The van der Waals surface area contributed by atoms with E-state index >= 15 is 0 Å². The number of nitrogens with two attached hydrogens (primary N) is 1. The van der Waals surface area contributed by atoms with Crippen molar-refractivity contribution in [2.24, 2.45) is 17.1 Å². The molecule has 1 aliphatic rings. The quantitative estimate of drug-likeness (QED) is 0.882. The first-order valence-electron chi connectivity index (χ1n) is 7.23. The van der Waals surface area contributed by atoms with Gasteiger partial charge in [-0.1, -0.05) is 25.9 Å². The molecule has 108 valence electrons. The molecule has 0 amide bonds. The maximum atomic E-state index is 6.20. The van der Waals surface area contributed by atoms with Crippen LogP contribution in [0.1, 0.15) is 45.4 Å². The fraction of sp³-hybridized carbons (Fsp3) is 0.600. The second-order valence-corrected chi connectivity index (χ2v) is 6.44. The smallest absolute Gasteiger partial charge is 0.230 e. The summed E-state index contributed by atoms with van der Waals surface area (Å²) in [5, 5.41) is 4.09. The molecule has 0 spiro atoms. The SMILES string of the molecule is CC1C(N)CCC(c2nc(-c3ccc[nH]3)no2)C1(C)C. The third-order valence-electron chi connectivity index (χ3n) is 5.08. The zero-order valence-corrected chi connectivity index (χ0v) is 12.3. The molecule has 3 rings (SSSR count). The summed E-state index contributed by atoms with van der Waals surface area (Å²) in [7, 11) is 0. The van der Waals surface area contributed by atoms with E-state index in [1.54, 1.807) is 0 Å². The van der Waals surface area contributed by atoms with Crippen LogP contribution in [-0.4, -0.2) is 21.2 Å². The first-order valence-corrected chi connectivity index (χ1v) is 7.23. The van der Waals surface area contributed by atoms with Gasteiger partial charge in [0.25, 0.3) is 0 Å². The molecule has 2 aromatic heterocycles. The second-order valence-electron chi connectivity index (χ2n) is 6.44. The van der Waals surface area contributed by atoms with E-state index < -0.39 is 0 Å². The molecule has 0 aromatic carbocycles. The summed E-state index contributed by atoms with van der Waals surface area (Å²) in [4.78, 5) is 7.68. The molecular weight excluding hydrogens is 252 g/mol. The average Bonchev–Trinajstić information content (AvgIpc) is 3.06. The first-order chi connectivity index (χ1) is 9.50. The van der Waals surface area contributed by atoms with Gasteiger partial charge in [-0.05, 0) is 36.3 Å². The van der Waals surface area contributed by atoms with Gasteiger partial charge in [0, 0.05) is 18.2 Å². The highest BCUT2D eigenvalue weighted by Crippen LogP contribution is 2.49. The number of nitrogens with zero attached hydrogens (tertiary/aromatic N) is 2. The predicted octanol–water partition coefficient (Wildman–Crippen LogP) is 2.93. The minimum atomic E-state index is 0.0667. The van der Waals surface area contributed by atoms with Crippen LogP contribution in [0.2, 0.25) is 0 Å². The van der Waals surface area contributed by atoms with Crippen LogP contribution in [0.3, 0.4) is 0 Å². The summed E-state index contributed by atoms with van der Waals surface area (Å²) in [6.07, 6.45) is 3.87. The predicted molar refractivity (Wildman–Crippen MR) is 77.0 cm³/mol. The molecule has 0 radical (unpaired) electrons. The van der Waals surface area contributed by atoms with Gasteiger partial charge in [0.05, 0.1) is 5.69 Å². The minimum absolute atomic E-state index is 0.0667. The lowest BCUT2D eigenvalue weighted by Crippen LogP contribution is -2.45. The number of H-pyrrole nitrogens is 1. The third kappa shape index (κ3) is 2.06. The van der Waals surface area contributed by atoms with Crippen LogP contribution in [0.15, 0.2) is 22.9 Å². The number of rotatable bonds is 2. The Labute approximate surface area is 119 Å². The molecule has 1 aliphatic carbocycles. The van der Waals surface area contributed by atoms with Crippen molar-refractivity contribution in [3.63, 3.8) is 0 Å². The Hall–Kier alpha value is -1.62. The molecule has 1 fully saturated rings. The Balaban J connectivity index is 1.89. The van der Waals surface area contributed by atoms with Crippen molar-refractivity contribution < 1.29 is 4.52 Å². The summed E-state index contributed by atoms with van der Waals surface area (Å²) in [6.45, 7) is 6.72. The monoisotopic (exact) mass is 274 g/mol. The highest BCUT2D eigenvalue weighted by atomic mass is 16.5. The molecule has 2 heterocycles. The average molecular weight is 274 g/mol. The summed E-state index contributed by atoms with van der Waals surface area (Å²) in [5.41, 5.74) is 7.16. The molecule has 5 nitrogen and oxygen atoms in total. The lowest BCUT2D eigenvalue weighted by molar-refractivity contribution is 0.0806. The van der Waals surface area contributed by atoms with Crippen LogP contribution in [0.4, 0.5) is 0 Å². The van der Waals surface area contributed by atoms with Gasteiger partial charge in [0.1, 0.15) is 0 Å². The van der Waals surface area contributed by atoms with E-state index in [-0.39, 0.29) is 17.4 Å².